The molecule has 3 heterocycles. The molecule has 39 heavy (non-hydrogen) atoms. The maximum Gasteiger partial charge on any atom is 0.248 e. The summed E-state index contributed by atoms with van der Waals surface area (Å²) in [7, 11) is 0. The van der Waals surface area contributed by atoms with Crippen LogP contribution in [-0.2, 0) is 19.1 Å². The molecule has 6 atom stereocenters. The summed E-state index contributed by atoms with van der Waals surface area (Å²) in [6.07, 6.45) is 7.41. The molecule has 3 amide bonds. The quantitative estimate of drug-likeness (QED) is 0.290. The van der Waals surface area contributed by atoms with Crippen molar-refractivity contribution in [1.82, 2.24) is 9.80 Å². The van der Waals surface area contributed by atoms with Crippen LogP contribution in [0.3, 0.4) is 0 Å². The number of ether oxygens (including phenoxy) is 1. The Morgan fingerprint density at radius 2 is 1.87 bits per heavy atom. The second-order valence-electron chi connectivity index (χ2n) is 10.9. The van der Waals surface area contributed by atoms with E-state index >= 15 is 0 Å². The van der Waals surface area contributed by atoms with Crippen molar-refractivity contribution in [1.29, 1.82) is 0 Å². The van der Waals surface area contributed by atoms with Gasteiger partial charge in [-0.25, -0.2) is 0 Å². The standard InChI is InChI=1S/C31H43N3O5/c1-5-9-13-20-32(18-6-2)30(38)27-31-17-16-24(39-31)25(26(31)29(37)34(27)22(8-4)21-35)28(36)33(19-7-3)23-14-11-10-12-15-23/h6-7,10-12,14-15,22,24-27,35H,2-3,5,8-9,13,16-21H2,1,4H3/t22-,24+,25-,26-,27?,31?/m0/s1. The lowest BCUT2D eigenvalue weighted by Crippen LogP contribution is -2.58. The molecule has 4 rings (SSSR count). The molecule has 3 saturated heterocycles. The van der Waals surface area contributed by atoms with Crippen LogP contribution in [-0.4, -0.2) is 82.7 Å². The maximum atomic E-state index is 14.3. The Bertz CT molecular complexity index is 1060. The van der Waals surface area contributed by atoms with E-state index in [-0.39, 0.29) is 24.3 Å². The van der Waals surface area contributed by atoms with Gasteiger partial charge in [0.1, 0.15) is 11.6 Å². The second-order valence-corrected chi connectivity index (χ2v) is 10.9. The molecule has 1 N–H and O–H groups in total. The van der Waals surface area contributed by atoms with Gasteiger partial charge in [0.05, 0.1) is 30.6 Å². The van der Waals surface area contributed by atoms with Gasteiger partial charge in [-0.1, -0.05) is 57.0 Å². The molecule has 3 aliphatic rings. The summed E-state index contributed by atoms with van der Waals surface area (Å²) >= 11 is 0. The summed E-state index contributed by atoms with van der Waals surface area (Å²) in [5, 5.41) is 10.3. The lowest BCUT2D eigenvalue weighted by molar-refractivity contribution is -0.151. The monoisotopic (exact) mass is 537 g/mol. The van der Waals surface area contributed by atoms with Crippen molar-refractivity contribution in [3.8, 4) is 0 Å². The zero-order valence-corrected chi connectivity index (χ0v) is 23.3. The molecule has 212 valence electrons. The highest BCUT2D eigenvalue weighted by Crippen LogP contribution is 2.59. The molecule has 1 spiro atoms. The zero-order valence-electron chi connectivity index (χ0n) is 23.3. The van der Waals surface area contributed by atoms with Crippen LogP contribution in [0.2, 0.25) is 0 Å². The molecule has 3 fully saturated rings. The van der Waals surface area contributed by atoms with Gasteiger partial charge in [-0.15, -0.1) is 13.2 Å². The Kier molecular flexibility index (Phi) is 9.28. The molecular formula is C31H43N3O5. The first-order valence-corrected chi connectivity index (χ1v) is 14.4. The first-order chi connectivity index (χ1) is 18.9. The average Bonchev–Trinajstić information content (AvgIpc) is 3.59. The Morgan fingerprint density at radius 3 is 2.49 bits per heavy atom. The number of aliphatic hydroxyl groups is 1. The fourth-order valence-electron chi connectivity index (χ4n) is 6.87. The highest BCUT2D eigenvalue weighted by molar-refractivity contribution is 6.03. The van der Waals surface area contributed by atoms with E-state index in [1.54, 1.807) is 26.9 Å². The first kappa shape index (κ1) is 29.0. The molecule has 1 aromatic rings. The van der Waals surface area contributed by atoms with E-state index in [0.717, 1.165) is 24.9 Å². The lowest BCUT2D eigenvalue weighted by atomic mass is 9.70. The number of carbonyl (C=O) groups excluding carboxylic acids is 3. The first-order valence-electron chi connectivity index (χ1n) is 14.4. The number of aliphatic hydroxyl groups excluding tert-OH is 1. The number of hydrogen-bond acceptors (Lipinski definition) is 5. The summed E-state index contributed by atoms with van der Waals surface area (Å²) in [6.45, 7) is 12.6. The molecule has 0 radical (unpaired) electrons. The molecule has 0 aliphatic carbocycles. The number of nitrogens with zero attached hydrogens (tertiary/aromatic N) is 3. The minimum Gasteiger partial charge on any atom is -0.394 e. The van der Waals surface area contributed by atoms with E-state index in [1.807, 2.05) is 37.3 Å². The third kappa shape index (κ3) is 5.05. The Hall–Kier alpha value is -2.97. The van der Waals surface area contributed by atoms with Crippen LogP contribution in [0.4, 0.5) is 5.69 Å². The van der Waals surface area contributed by atoms with Crippen molar-refractivity contribution < 1.29 is 24.2 Å². The minimum atomic E-state index is -1.09. The summed E-state index contributed by atoms with van der Waals surface area (Å²) in [5.74, 6) is -2.14. The van der Waals surface area contributed by atoms with Gasteiger partial charge in [-0.05, 0) is 37.8 Å². The maximum absolute atomic E-state index is 14.3. The highest BCUT2D eigenvalue weighted by atomic mass is 16.5. The van der Waals surface area contributed by atoms with E-state index in [1.165, 1.54) is 0 Å². The van der Waals surface area contributed by atoms with Crippen LogP contribution in [0.15, 0.2) is 55.6 Å². The minimum absolute atomic E-state index is 0.187. The van der Waals surface area contributed by atoms with E-state index in [0.29, 0.717) is 38.9 Å². The molecule has 3 aliphatic heterocycles. The van der Waals surface area contributed by atoms with Crippen molar-refractivity contribution in [2.75, 3.05) is 31.1 Å². The molecule has 0 aromatic heterocycles. The van der Waals surface area contributed by atoms with E-state index in [2.05, 4.69) is 20.1 Å². The second kappa shape index (κ2) is 12.5. The van der Waals surface area contributed by atoms with Gasteiger partial charge in [-0.3, -0.25) is 14.4 Å². The van der Waals surface area contributed by atoms with Crippen LogP contribution < -0.4 is 4.90 Å². The molecular weight excluding hydrogens is 494 g/mol. The highest BCUT2D eigenvalue weighted by Gasteiger charge is 2.75. The van der Waals surface area contributed by atoms with Crippen molar-refractivity contribution in [2.24, 2.45) is 11.8 Å². The van der Waals surface area contributed by atoms with Crippen molar-refractivity contribution in [3.05, 3.63) is 55.6 Å². The predicted molar refractivity (Wildman–Crippen MR) is 151 cm³/mol. The van der Waals surface area contributed by atoms with Crippen LogP contribution in [0.1, 0.15) is 52.4 Å². The third-order valence-corrected chi connectivity index (χ3v) is 8.67. The number of anilines is 1. The number of fused-ring (bicyclic) bond motifs is 1. The van der Waals surface area contributed by atoms with Crippen LogP contribution in [0, 0.1) is 11.8 Å². The fraction of sp³-hybridized carbons (Fsp3) is 0.581. The molecule has 0 saturated carbocycles. The van der Waals surface area contributed by atoms with Gasteiger partial charge >= 0.3 is 0 Å². The molecule has 8 nitrogen and oxygen atoms in total. The van der Waals surface area contributed by atoms with E-state index in [4.69, 9.17) is 4.74 Å². The van der Waals surface area contributed by atoms with Crippen LogP contribution in [0.25, 0.3) is 0 Å². The molecule has 2 bridgehead atoms. The zero-order chi connectivity index (χ0) is 28.2. The number of rotatable bonds is 14. The predicted octanol–water partition coefficient (Wildman–Crippen LogP) is 3.56. The molecule has 8 heteroatoms. The van der Waals surface area contributed by atoms with Crippen molar-refractivity contribution in [3.63, 3.8) is 0 Å². The third-order valence-electron chi connectivity index (χ3n) is 8.67. The van der Waals surface area contributed by atoms with E-state index in [9.17, 15) is 19.5 Å². The number of amides is 3. The van der Waals surface area contributed by atoms with Crippen molar-refractivity contribution >= 4 is 23.4 Å². The molecule has 2 unspecified atom stereocenters. The summed E-state index contributed by atoms with van der Waals surface area (Å²) in [6, 6.07) is 7.93. The average molecular weight is 538 g/mol. The smallest absolute Gasteiger partial charge is 0.248 e. The largest absolute Gasteiger partial charge is 0.394 e. The number of likely N-dealkylation sites (tertiary alicyclic amines) is 1. The summed E-state index contributed by atoms with van der Waals surface area (Å²) < 4.78 is 6.62. The number of para-hydroxylation sites is 1. The van der Waals surface area contributed by atoms with Gasteiger partial charge in [-0.2, -0.15) is 0 Å². The SMILES string of the molecule is C=CCN(CCCCC)C(=O)C1N([C@@H](CC)CO)C(=O)[C@@H]2[C@@H](C(=O)N(CC=C)c3ccccc3)[C@H]3CCC12O3. The van der Waals surface area contributed by atoms with Gasteiger partial charge in [0, 0.05) is 25.3 Å². The summed E-state index contributed by atoms with van der Waals surface area (Å²) in [4.78, 5) is 47.7. The van der Waals surface area contributed by atoms with Crippen molar-refractivity contribution in [2.45, 2.75) is 76.2 Å². The fourth-order valence-corrected chi connectivity index (χ4v) is 6.87. The molecule has 1 aromatic carbocycles. The Balaban J connectivity index is 1.74. The van der Waals surface area contributed by atoms with E-state index < -0.39 is 35.6 Å². The lowest BCUT2D eigenvalue weighted by Gasteiger charge is -2.39. The van der Waals surface area contributed by atoms with Gasteiger partial charge in [0.2, 0.25) is 17.7 Å². The number of hydrogen-bond donors (Lipinski definition) is 1. The Labute approximate surface area is 232 Å². The van der Waals surface area contributed by atoms with Gasteiger partial charge in [0.25, 0.3) is 0 Å². The number of carbonyl (C=O) groups is 3. The number of benzene rings is 1. The summed E-state index contributed by atoms with van der Waals surface area (Å²) in [5.41, 5.74) is -0.369. The van der Waals surface area contributed by atoms with Gasteiger partial charge < -0.3 is 24.5 Å². The van der Waals surface area contributed by atoms with Gasteiger partial charge in [0.15, 0.2) is 0 Å². The topological polar surface area (TPSA) is 90.4 Å². The van der Waals surface area contributed by atoms with Crippen LogP contribution >= 0.6 is 0 Å². The Morgan fingerprint density at radius 1 is 1.15 bits per heavy atom. The van der Waals surface area contributed by atoms with Crippen LogP contribution in [0.5, 0.6) is 0 Å². The number of unbranched alkanes of at least 4 members (excludes halogenated alkanes) is 2. The normalized spacial score (nSPS) is 27.8.